The van der Waals surface area contributed by atoms with Crippen molar-refractivity contribution in [3.8, 4) is 0 Å². The van der Waals surface area contributed by atoms with Crippen molar-refractivity contribution in [2.75, 3.05) is 0 Å². The van der Waals surface area contributed by atoms with Crippen molar-refractivity contribution in [3.63, 3.8) is 0 Å². The molecule has 0 nitrogen and oxygen atoms in total. The first-order valence-corrected chi connectivity index (χ1v) is 15.7. The van der Waals surface area contributed by atoms with Gasteiger partial charge in [0.05, 0.1) is 0 Å². The minimum atomic E-state index is 1.01. The minimum absolute atomic E-state index is 1.01. The van der Waals surface area contributed by atoms with E-state index in [1.54, 1.807) is 83.5 Å². The molecule has 0 heterocycles. The van der Waals surface area contributed by atoms with Crippen LogP contribution in [0.2, 0.25) is 0 Å². The van der Waals surface area contributed by atoms with E-state index in [2.05, 4.69) is 13.8 Å². The van der Waals surface area contributed by atoms with Crippen LogP contribution in [0.5, 0.6) is 0 Å². The SMILES string of the molecule is CC1CCC(C2CCC(C3CCC(C)C(C4CCCCC4)C3)CC2)C(C2CCCCC2)C1. The Morgan fingerprint density at radius 2 is 0.875 bits per heavy atom. The molecule has 0 N–H and O–H groups in total. The van der Waals surface area contributed by atoms with Crippen molar-refractivity contribution >= 4 is 0 Å². The molecule has 0 amide bonds. The fourth-order valence-corrected chi connectivity index (χ4v) is 10.2. The molecule has 0 heteroatoms. The third-order valence-electron chi connectivity index (χ3n) is 12.1. The van der Waals surface area contributed by atoms with Gasteiger partial charge in [-0.05, 0) is 111 Å². The van der Waals surface area contributed by atoms with Gasteiger partial charge >= 0.3 is 0 Å². The molecule has 0 radical (unpaired) electrons. The lowest BCUT2D eigenvalue weighted by Gasteiger charge is -2.48. The zero-order valence-corrected chi connectivity index (χ0v) is 21.9. The van der Waals surface area contributed by atoms with Crippen LogP contribution in [0.4, 0.5) is 0 Å². The summed E-state index contributed by atoms with van der Waals surface area (Å²) in [7, 11) is 0. The van der Waals surface area contributed by atoms with Crippen LogP contribution in [0.25, 0.3) is 0 Å². The molecule has 6 unspecified atom stereocenters. The third kappa shape index (κ3) is 5.46. The Morgan fingerprint density at radius 3 is 1.53 bits per heavy atom. The van der Waals surface area contributed by atoms with Crippen molar-refractivity contribution in [2.24, 2.45) is 59.2 Å². The Labute approximate surface area is 201 Å². The maximum atomic E-state index is 2.61. The normalized spacial score (nSPS) is 45.6. The molecule has 0 aromatic heterocycles. The van der Waals surface area contributed by atoms with Gasteiger partial charge in [-0.2, -0.15) is 0 Å². The van der Waals surface area contributed by atoms with Crippen LogP contribution in [-0.4, -0.2) is 0 Å². The second-order valence-corrected chi connectivity index (χ2v) is 13.9. The summed E-state index contributed by atoms with van der Waals surface area (Å²) in [4.78, 5) is 0. The highest BCUT2D eigenvalue weighted by atomic mass is 14.5. The summed E-state index contributed by atoms with van der Waals surface area (Å²) in [5.74, 6) is 10.8. The molecule has 184 valence electrons. The van der Waals surface area contributed by atoms with Crippen LogP contribution in [0.3, 0.4) is 0 Å². The zero-order chi connectivity index (χ0) is 21.9. The van der Waals surface area contributed by atoms with E-state index in [1.807, 2.05) is 0 Å². The molecule has 0 aromatic carbocycles. The summed E-state index contributed by atoms with van der Waals surface area (Å²) < 4.78 is 0. The molecule has 5 aliphatic rings. The van der Waals surface area contributed by atoms with Gasteiger partial charge in [-0.25, -0.2) is 0 Å². The Morgan fingerprint density at radius 1 is 0.344 bits per heavy atom. The summed E-state index contributed by atoms with van der Waals surface area (Å²) >= 11 is 0. The fraction of sp³-hybridized carbons (Fsp3) is 1.00. The molecular weight excluding hydrogens is 384 g/mol. The van der Waals surface area contributed by atoms with Crippen LogP contribution in [0.15, 0.2) is 0 Å². The van der Waals surface area contributed by atoms with Gasteiger partial charge in [0, 0.05) is 0 Å². The van der Waals surface area contributed by atoms with Crippen LogP contribution in [-0.2, 0) is 0 Å². The molecular formula is C32H56. The molecule has 32 heavy (non-hydrogen) atoms. The number of hydrogen-bond acceptors (Lipinski definition) is 0. The molecule has 5 saturated carbocycles. The standard InChI is InChI=1S/C32H56/c1-23-13-20-30(32(21-23)27-11-7-4-8-12-27)28-18-16-25(17-19-28)29-15-14-24(2)31(22-29)26-9-5-3-6-10-26/h23-32H,3-22H2,1-2H3. The van der Waals surface area contributed by atoms with Gasteiger partial charge < -0.3 is 0 Å². The summed E-state index contributed by atoms with van der Waals surface area (Å²) in [5, 5.41) is 0. The number of hydrogen-bond donors (Lipinski definition) is 0. The van der Waals surface area contributed by atoms with E-state index in [1.165, 1.54) is 44.9 Å². The maximum Gasteiger partial charge on any atom is -0.0352 e. The molecule has 0 aliphatic heterocycles. The smallest absolute Gasteiger partial charge is 0.0352 e. The van der Waals surface area contributed by atoms with Crippen molar-refractivity contribution in [1.82, 2.24) is 0 Å². The molecule has 5 rings (SSSR count). The van der Waals surface area contributed by atoms with E-state index >= 15 is 0 Å². The summed E-state index contributed by atoms with van der Waals surface area (Å²) in [6, 6.07) is 0. The molecule has 0 aromatic rings. The highest BCUT2D eigenvalue weighted by Gasteiger charge is 2.42. The minimum Gasteiger partial charge on any atom is -0.0625 e. The fourth-order valence-electron chi connectivity index (χ4n) is 10.2. The molecule has 0 spiro atoms. The van der Waals surface area contributed by atoms with E-state index in [0.29, 0.717) is 0 Å². The molecule has 5 fully saturated rings. The Kier molecular flexibility index (Phi) is 8.28. The Balaban J connectivity index is 1.16. The first-order chi connectivity index (χ1) is 15.7. The third-order valence-corrected chi connectivity index (χ3v) is 12.1. The topological polar surface area (TPSA) is 0 Å². The van der Waals surface area contributed by atoms with E-state index < -0.39 is 0 Å². The van der Waals surface area contributed by atoms with Gasteiger partial charge in [0.2, 0.25) is 0 Å². The van der Waals surface area contributed by atoms with Crippen LogP contribution >= 0.6 is 0 Å². The Hall–Kier alpha value is 0. The summed E-state index contributed by atoms with van der Waals surface area (Å²) in [5.41, 5.74) is 0. The van der Waals surface area contributed by atoms with Crippen molar-refractivity contribution in [3.05, 3.63) is 0 Å². The van der Waals surface area contributed by atoms with Gasteiger partial charge in [0.25, 0.3) is 0 Å². The van der Waals surface area contributed by atoms with Crippen LogP contribution in [0, 0.1) is 59.2 Å². The lowest BCUT2D eigenvalue weighted by molar-refractivity contribution is 0.0235. The van der Waals surface area contributed by atoms with E-state index in [-0.39, 0.29) is 0 Å². The number of rotatable bonds is 4. The monoisotopic (exact) mass is 440 g/mol. The van der Waals surface area contributed by atoms with Crippen LogP contribution in [0.1, 0.15) is 142 Å². The van der Waals surface area contributed by atoms with Gasteiger partial charge in [-0.1, -0.05) is 90.9 Å². The molecule has 0 saturated heterocycles. The molecule has 5 aliphatic carbocycles. The van der Waals surface area contributed by atoms with Crippen molar-refractivity contribution < 1.29 is 0 Å². The summed E-state index contributed by atoms with van der Waals surface area (Å²) in [6.45, 7) is 5.18. The highest BCUT2D eigenvalue weighted by molar-refractivity contribution is 4.92. The first kappa shape index (κ1) is 23.7. The summed E-state index contributed by atoms with van der Waals surface area (Å²) in [6.07, 6.45) is 31.3. The Bertz CT molecular complexity index is 544. The largest absolute Gasteiger partial charge is 0.0625 e. The van der Waals surface area contributed by atoms with E-state index in [4.69, 9.17) is 0 Å². The molecule has 0 bridgehead atoms. The second kappa shape index (κ2) is 11.2. The zero-order valence-electron chi connectivity index (χ0n) is 21.9. The lowest BCUT2D eigenvalue weighted by Crippen LogP contribution is -2.38. The maximum absolute atomic E-state index is 2.61. The quantitative estimate of drug-likeness (QED) is 0.408. The lowest BCUT2D eigenvalue weighted by atomic mass is 9.57. The van der Waals surface area contributed by atoms with Crippen molar-refractivity contribution in [2.45, 2.75) is 142 Å². The van der Waals surface area contributed by atoms with Crippen LogP contribution < -0.4 is 0 Å². The average Bonchev–Trinajstić information content (AvgIpc) is 2.85. The second-order valence-electron chi connectivity index (χ2n) is 13.9. The first-order valence-electron chi connectivity index (χ1n) is 15.7. The van der Waals surface area contributed by atoms with E-state index in [9.17, 15) is 0 Å². The predicted octanol–water partition coefficient (Wildman–Crippen LogP) is 10.1. The highest BCUT2D eigenvalue weighted by Crippen LogP contribution is 2.52. The van der Waals surface area contributed by atoms with Gasteiger partial charge in [-0.15, -0.1) is 0 Å². The van der Waals surface area contributed by atoms with Gasteiger partial charge in [0.15, 0.2) is 0 Å². The van der Waals surface area contributed by atoms with E-state index in [0.717, 1.165) is 59.2 Å². The van der Waals surface area contributed by atoms with Crippen molar-refractivity contribution in [1.29, 1.82) is 0 Å². The van der Waals surface area contributed by atoms with Gasteiger partial charge in [0.1, 0.15) is 0 Å². The average molecular weight is 441 g/mol. The molecule has 6 atom stereocenters. The predicted molar refractivity (Wildman–Crippen MR) is 139 cm³/mol. The van der Waals surface area contributed by atoms with Gasteiger partial charge in [-0.3, -0.25) is 0 Å².